The predicted molar refractivity (Wildman–Crippen MR) is 94.6 cm³/mol. The summed E-state index contributed by atoms with van der Waals surface area (Å²) in [5.41, 5.74) is 3.82. The number of benzene rings is 2. The van der Waals surface area contributed by atoms with Gasteiger partial charge in [-0.05, 0) is 36.8 Å². The molecule has 0 aliphatic carbocycles. The number of rotatable bonds is 3. The summed E-state index contributed by atoms with van der Waals surface area (Å²) >= 11 is 1.60. The number of carbonyl (C=O) groups excluding carboxylic acids is 2. The van der Waals surface area contributed by atoms with Crippen molar-refractivity contribution in [3.05, 3.63) is 59.7 Å². The second kappa shape index (κ2) is 6.46. The van der Waals surface area contributed by atoms with E-state index in [-0.39, 0.29) is 17.2 Å². The molecule has 118 valence electrons. The summed E-state index contributed by atoms with van der Waals surface area (Å²) in [4.78, 5) is 25.4. The molecule has 3 rings (SSSR count). The Kier molecular flexibility index (Phi) is 4.39. The number of aryl methyl sites for hydroxylation is 1. The number of carbonyl (C=O) groups is 2. The Morgan fingerprint density at radius 1 is 1.22 bits per heavy atom. The van der Waals surface area contributed by atoms with Gasteiger partial charge in [-0.3, -0.25) is 14.5 Å². The fourth-order valence-electron chi connectivity index (χ4n) is 2.63. The monoisotopic (exact) mass is 326 g/mol. The highest BCUT2D eigenvalue weighted by Gasteiger charge is 2.34. The third-order valence-electron chi connectivity index (χ3n) is 3.67. The lowest BCUT2D eigenvalue weighted by Crippen LogP contribution is -2.27. The second-order valence-electron chi connectivity index (χ2n) is 5.57. The molecule has 0 bridgehead atoms. The van der Waals surface area contributed by atoms with Gasteiger partial charge in [0, 0.05) is 18.3 Å². The molecule has 0 radical (unpaired) electrons. The topological polar surface area (TPSA) is 49.4 Å². The highest BCUT2D eigenvalue weighted by molar-refractivity contribution is 8.00. The van der Waals surface area contributed by atoms with Crippen molar-refractivity contribution in [1.29, 1.82) is 0 Å². The molecule has 2 aromatic carbocycles. The van der Waals surface area contributed by atoms with E-state index >= 15 is 0 Å². The van der Waals surface area contributed by atoms with E-state index in [1.165, 1.54) is 6.92 Å². The maximum Gasteiger partial charge on any atom is 0.238 e. The summed E-state index contributed by atoms with van der Waals surface area (Å²) < 4.78 is 0. The Hall–Kier alpha value is -2.27. The van der Waals surface area contributed by atoms with Crippen molar-refractivity contribution in [3.63, 3.8) is 0 Å². The van der Waals surface area contributed by atoms with Crippen LogP contribution in [0, 0.1) is 6.92 Å². The molecule has 5 heteroatoms. The number of hydrogen-bond acceptors (Lipinski definition) is 3. The standard InChI is InChI=1S/C18H18N2O2S/c1-12-6-8-16(9-7-12)20-17(22)11-23-18(20)14-4-3-5-15(10-14)19-13(2)21/h3-10,18H,11H2,1-2H3,(H,19,21)/t18-/m1/s1. The number of thioether (sulfide) groups is 1. The predicted octanol–water partition coefficient (Wildman–Crippen LogP) is 3.73. The van der Waals surface area contributed by atoms with Crippen LogP contribution in [0.15, 0.2) is 48.5 Å². The van der Waals surface area contributed by atoms with Crippen molar-refractivity contribution >= 4 is 35.0 Å². The Morgan fingerprint density at radius 2 is 1.96 bits per heavy atom. The molecular formula is C18H18N2O2S. The van der Waals surface area contributed by atoms with Crippen LogP contribution in [-0.2, 0) is 9.59 Å². The van der Waals surface area contributed by atoms with Crippen LogP contribution in [0.1, 0.15) is 23.4 Å². The van der Waals surface area contributed by atoms with Crippen LogP contribution < -0.4 is 10.2 Å². The second-order valence-corrected chi connectivity index (χ2v) is 6.64. The van der Waals surface area contributed by atoms with Gasteiger partial charge in [-0.2, -0.15) is 0 Å². The zero-order valence-corrected chi connectivity index (χ0v) is 13.9. The van der Waals surface area contributed by atoms with Gasteiger partial charge in [0.25, 0.3) is 0 Å². The first-order valence-electron chi connectivity index (χ1n) is 7.42. The smallest absolute Gasteiger partial charge is 0.238 e. The summed E-state index contributed by atoms with van der Waals surface area (Å²) in [6.07, 6.45) is 0. The van der Waals surface area contributed by atoms with E-state index in [4.69, 9.17) is 0 Å². The fourth-order valence-corrected chi connectivity index (χ4v) is 3.80. The molecule has 1 aliphatic heterocycles. The summed E-state index contributed by atoms with van der Waals surface area (Å²) in [5.74, 6) is 0.463. The van der Waals surface area contributed by atoms with Gasteiger partial charge in [0.2, 0.25) is 11.8 Å². The number of amides is 2. The van der Waals surface area contributed by atoms with Gasteiger partial charge in [-0.25, -0.2) is 0 Å². The molecular weight excluding hydrogens is 308 g/mol. The molecule has 1 fully saturated rings. The zero-order valence-electron chi connectivity index (χ0n) is 13.1. The SMILES string of the molecule is CC(=O)Nc1cccc([C@H]2SCC(=O)N2c2ccc(C)cc2)c1. The van der Waals surface area contributed by atoms with E-state index in [0.717, 1.165) is 22.5 Å². The number of nitrogens with zero attached hydrogens (tertiary/aromatic N) is 1. The van der Waals surface area contributed by atoms with Crippen LogP contribution in [0.5, 0.6) is 0 Å². The Morgan fingerprint density at radius 3 is 2.65 bits per heavy atom. The Bertz CT molecular complexity index is 743. The van der Waals surface area contributed by atoms with Crippen LogP contribution in [0.25, 0.3) is 0 Å². The van der Waals surface area contributed by atoms with Crippen molar-refractivity contribution < 1.29 is 9.59 Å². The number of nitrogens with one attached hydrogen (secondary N) is 1. The number of anilines is 2. The van der Waals surface area contributed by atoms with Gasteiger partial charge in [-0.1, -0.05) is 29.8 Å². The lowest BCUT2D eigenvalue weighted by atomic mass is 10.1. The minimum Gasteiger partial charge on any atom is -0.326 e. The van der Waals surface area contributed by atoms with Gasteiger partial charge in [0.1, 0.15) is 5.37 Å². The molecule has 0 saturated carbocycles. The first kappa shape index (κ1) is 15.6. The van der Waals surface area contributed by atoms with Crippen LogP contribution in [-0.4, -0.2) is 17.6 Å². The summed E-state index contributed by atoms with van der Waals surface area (Å²) in [7, 11) is 0. The molecule has 4 nitrogen and oxygen atoms in total. The summed E-state index contributed by atoms with van der Waals surface area (Å²) in [6.45, 7) is 3.51. The molecule has 2 aromatic rings. The molecule has 1 aliphatic rings. The van der Waals surface area contributed by atoms with Gasteiger partial charge < -0.3 is 5.32 Å². The lowest BCUT2D eigenvalue weighted by Gasteiger charge is -2.25. The maximum absolute atomic E-state index is 12.3. The van der Waals surface area contributed by atoms with Crippen molar-refractivity contribution in [2.24, 2.45) is 0 Å². The molecule has 0 unspecified atom stereocenters. The molecule has 0 spiro atoms. The molecule has 1 heterocycles. The minimum absolute atomic E-state index is 0.0704. The lowest BCUT2D eigenvalue weighted by molar-refractivity contribution is -0.116. The van der Waals surface area contributed by atoms with E-state index in [9.17, 15) is 9.59 Å². The van der Waals surface area contributed by atoms with Crippen molar-refractivity contribution in [2.75, 3.05) is 16.0 Å². The first-order chi connectivity index (χ1) is 11.0. The average Bonchev–Trinajstić information content (AvgIpc) is 2.89. The van der Waals surface area contributed by atoms with Crippen LogP contribution in [0.2, 0.25) is 0 Å². The van der Waals surface area contributed by atoms with Crippen LogP contribution >= 0.6 is 11.8 Å². The van der Waals surface area contributed by atoms with Gasteiger partial charge in [0.05, 0.1) is 5.75 Å². The van der Waals surface area contributed by atoms with Crippen molar-refractivity contribution in [3.8, 4) is 0 Å². The molecule has 23 heavy (non-hydrogen) atoms. The van der Waals surface area contributed by atoms with Gasteiger partial charge >= 0.3 is 0 Å². The third kappa shape index (κ3) is 3.40. The molecule has 2 amide bonds. The van der Waals surface area contributed by atoms with Crippen LogP contribution in [0.4, 0.5) is 11.4 Å². The molecule has 1 atom stereocenters. The van der Waals surface area contributed by atoms with E-state index in [1.807, 2.05) is 60.4 Å². The van der Waals surface area contributed by atoms with E-state index < -0.39 is 0 Å². The van der Waals surface area contributed by atoms with E-state index in [0.29, 0.717) is 5.75 Å². The highest BCUT2D eigenvalue weighted by Crippen LogP contribution is 2.42. The van der Waals surface area contributed by atoms with E-state index in [1.54, 1.807) is 11.8 Å². The van der Waals surface area contributed by atoms with E-state index in [2.05, 4.69) is 5.32 Å². The van der Waals surface area contributed by atoms with Gasteiger partial charge in [0.15, 0.2) is 0 Å². The summed E-state index contributed by atoms with van der Waals surface area (Å²) in [6, 6.07) is 15.6. The minimum atomic E-state index is -0.104. The third-order valence-corrected chi connectivity index (χ3v) is 4.88. The molecule has 1 N–H and O–H groups in total. The summed E-state index contributed by atoms with van der Waals surface area (Å²) in [5, 5.41) is 2.72. The first-order valence-corrected chi connectivity index (χ1v) is 8.47. The Balaban J connectivity index is 1.93. The largest absolute Gasteiger partial charge is 0.326 e. The maximum atomic E-state index is 12.3. The highest BCUT2D eigenvalue weighted by atomic mass is 32.2. The molecule has 1 saturated heterocycles. The van der Waals surface area contributed by atoms with Gasteiger partial charge in [-0.15, -0.1) is 11.8 Å². The van der Waals surface area contributed by atoms with Crippen molar-refractivity contribution in [1.82, 2.24) is 0 Å². The zero-order chi connectivity index (χ0) is 16.4. The van der Waals surface area contributed by atoms with Crippen molar-refractivity contribution in [2.45, 2.75) is 19.2 Å². The molecule has 0 aromatic heterocycles. The van der Waals surface area contributed by atoms with Crippen LogP contribution in [0.3, 0.4) is 0 Å². The number of hydrogen-bond donors (Lipinski definition) is 1. The normalized spacial score (nSPS) is 17.4. The Labute approximate surface area is 139 Å². The quantitative estimate of drug-likeness (QED) is 0.935. The average molecular weight is 326 g/mol. The fraction of sp³-hybridized carbons (Fsp3) is 0.222.